The van der Waals surface area contributed by atoms with Crippen LogP contribution >= 0.6 is 0 Å². The van der Waals surface area contributed by atoms with Gasteiger partial charge in [0.25, 0.3) is 0 Å². The Morgan fingerprint density at radius 2 is 1.88 bits per heavy atom. The zero-order valence-corrected chi connectivity index (χ0v) is 9.30. The standard InChI is InChI=1S/C12H14F3N/c1-5-11(12(13,14)15)7-9(3)10(4)8-16-6-2/h5-8H,1,3H2,2,4H3. The van der Waals surface area contributed by atoms with Gasteiger partial charge in [0.15, 0.2) is 0 Å². The average Bonchev–Trinajstić information content (AvgIpc) is 2.20. The lowest BCUT2D eigenvalue weighted by Gasteiger charge is -2.08. The van der Waals surface area contributed by atoms with Gasteiger partial charge in [-0.25, -0.2) is 0 Å². The van der Waals surface area contributed by atoms with E-state index in [0.29, 0.717) is 5.57 Å². The van der Waals surface area contributed by atoms with Gasteiger partial charge in [0.05, 0.1) is 5.57 Å². The van der Waals surface area contributed by atoms with E-state index in [-0.39, 0.29) is 5.57 Å². The van der Waals surface area contributed by atoms with Crippen molar-refractivity contribution in [3.05, 3.63) is 48.2 Å². The van der Waals surface area contributed by atoms with Crippen LogP contribution in [0.15, 0.2) is 53.2 Å². The van der Waals surface area contributed by atoms with Crippen LogP contribution in [-0.2, 0) is 0 Å². The van der Waals surface area contributed by atoms with Crippen LogP contribution in [0.5, 0.6) is 0 Å². The molecule has 0 heterocycles. The summed E-state index contributed by atoms with van der Waals surface area (Å²) in [5.41, 5.74) is 0.0188. The van der Waals surface area contributed by atoms with Crippen LogP contribution in [0.25, 0.3) is 0 Å². The SMILES string of the molecule is C=CC(=CC(=C)C(C)=CN=CC)C(F)(F)F. The maximum atomic E-state index is 12.4. The molecule has 0 aliphatic rings. The molecule has 0 fully saturated rings. The first-order chi connectivity index (χ1) is 7.32. The van der Waals surface area contributed by atoms with E-state index in [1.54, 1.807) is 20.1 Å². The van der Waals surface area contributed by atoms with Gasteiger partial charge in [0.1, 0.15) is 0 Å². The molecule has 4 heteroatoms. The molecule has 88 valence electrons. The van der Waals surface area contributed by atoms with Crippen molar-refractivity contribution < 1.29 is 13.2 Å². The molecule has 0 N–H and O–H groups in total. The molecule has 0 rings (SSSR count). The molecular weight excluding hydrogens is 215 g/mol. The number of allylic oxidation sites excluding steroid dienone is 5. The fourth-order valence-corrected chi connectivity index (χ4v) is 0.827. The van der Waals surface area contributed by atoms with E-state index in [1.807, 2.05) is 0 Å². The van der Waals surface area contributed by atoms with E-state index in [1.165, 1.54) is 6.20 Å². The van der Waals surface area contributed by atoms with Crippen LogP contribution in [0.3, 0.4) is 0 Å². The van der Waals surface area contributed by atoms with Gasteiger partial charge in [0, 0.05) is 12.4 Å². The van der Waals surface area contributed by atoms with Gasteiger partial charge in [-0.2, -0.15) is 13.2 Å². The van der Waals surface area contributed by atoms with Crippen molar-refractivity contribution in [2.45, 2.75) is 20.0 Å². The minimum Gasteiger partial charge on any atom is -0.269 e. The maximum absolute atomic E-state index is 12.4. The van der Waals surface area contributed by atoms with Crippen molar-refractivity contribution in [1.29, 1.82) is 0 Å². The summed E-state index contributed by atoms with van der Waals surface area (Å²) in [6, 6.07) is 0. The van der Waals surface area contributed by atoms with Crippen molar-refractivity contribution in [2.75, 3.05) is 0 Å². The lowest BCUT2D eigenvalue weighted by atomic mass is 10.1. The molecule has 0 bridgehead atoms. The van der Waals surface area contributed by atoms with Crippen molar-refractivity contribution in [3.8, 4) is 0 Å². The molecule has 0 aromatic rings. The number of rotatable bonds is 4. The highest BCUT2D eigenvalue weighted by Gasteiger charge is 2.31. The first kappa shape index (κ1) is 14.4. The van der Waals surface area contributed by atoms with Crippen LogP contribution in [0.1, 0.15) is 13.8 Å². The molecule has 0 atom stereocenters. The molecule has 0 aliphatic heterocycles. The van der Waals surface area contributed by atoms with Gasteiger partial charge in [-0.15, -0.1) is 0 Å². The average molecular weight is 229 g/mol. The highest BCUT2D eigenvalue weighted by atomic mass is 19.4. The molecular formula is C12H14F3N. The van der Waals surface area contributed by atoms with E-state index >= 15 is 0 Å². The number of aliphatic imine (C=N–C) groups is 1. The van der Waals surface area contributed by atoms with E-state index in [9.17, 15) is 13.2 Å². The van der Waals surface area contributed by atoms with Crippen LogP contribution in [0.4, 0.5) is 13.2 Å². The Bertz CT molecular complexity index is 357. The Morgan fingerprint density at radius 1 is 1.31 bits per heavy atom. The van der Waals surface area contributed by atoms with Crippen molar-refractivity contribution in [3.63, 3.8) is 0 Å². The minimum absolute atomic E-state index is 0.262. The first-order valence-electron chi connectivity index (χ1n) is 4.58. The van der Waals surface area contributed by atoms with Crippen LogP contribution in [-0.4, -0.2) is 12.4 Å². The Kier molecular flexibility index (Phi) is 5.50. The second kappa shape index (κ2) is 6.10. The number of alkyl halides is 3. The smallest absolute Gasteiger partial charge is 0.269 e. The maximum Gasteiger partial charge on any atom is 0.416 e. The molecule has 0 aliphatic carbocycles. The molecule has 0 aromatic carbocycles. The van der Waals surface area contributed by atoms with E-state index in [0.717, 1.165) is 12.2 Å². The lowest BCUT2D eigenvalue weighted by molar-refractivity contribution is -0.0881. The largest absolute Gasteiger partial charge is 0.416 e. The third-order valence-corrected chi connectivity index (χ3v) is 1.80. The summed E-state index contributed by atoms with van der Waals surface area (Å²) >= 11 is 0. The highest BCUT2D eigenvalue weighted by molar-refractivity contribution is 5.55. The second-order valence-corrected chi connectivity index (χ2v) is 3.05. The number of hydrogen-bond acceptors (Lipinski definition) is 1. The minimum atomic E-state index is -4.40. The van der Waals surface area contributed by atoms with Gasteiger partial charge < -0.3 is 0 Å². The lowest BCUT2D eigenvalue weighted by Crippen LogP contribution is -2.10. The molecule has 0 spiro atoms. The molecule has 0 saturated carbocycles. The molecule has 0 radical (unpaired) electrons. The summed E-state index contributed by atoms with van der Waals surface area (Å²) in [5, 5.41) is 0. The van der Waals surface area contributed by atoms with Crippen LogP contribution < -0.4 is 0 Å². The zero-order valence-electron chi connectivity index (χ0n) is 9.30. The van der Waals surface area contributed by atoms with E-state index in [4.69, 9.17) is 0 Å². The van der Waals surface area contributed by atoms with Crippen molar-refractivity contribution in [2.24, 2.45) is 4.99 Å². The topological polar surface area (TPSA) is 12.4 Å². The van der Waals surface area contributed by atoms with Gasteiger partial charge >= 0.3 is 6.18 Å². The third-order valence-electron chi connectivity index (χ3n) is 1.80. The Morgan fingerprint density at radius 3 is 2.25 bits per heavy atom. The molecule has 0 amide bonds. The van der Waals surface area contributed by atoms with Gasteiger partial charge in [-0.05, 0) is 31.1 Å². The van der Waals surface area contributed by atoms with E-state index < -0.39 is 11.7 Å². The predicted molar refractivity (Wildman–Crippen MR) is 61.4 cm³/mol. The summed E-state index contributed by atoms with van der Waals surface area (Å²) in [6.45, 7) is 10.0. The number of halogens is 3. The summed E-state index contributed by atoms with van der Waals surface area (Å²) in [5.74, 6) is 0. The Balaban J connectivity index is 5.02. The van der Waals surface area contributed by atoms with Gasteiger partial charge in [-0.1, -0.05) is 19.2 Å². The molecule has 0 saturated heterocycles. The second-order valence-electron chi connectivity index (χ2n) is 3.05. The summed E-state index contributed by atoms with van der Waals surface area (Å²) in [4.78, 5) is 3.80. The van der Waals surface area contributed by atoms with Crippen molar-refractivity contribution >= 4 is 6.21 Å². The number of hydrogen-bond donors (Lipinski definition) is 0. The van der Waals surface area contributed by atoms with Crippen LogP contribution in [0, 0.1) is 0 Å². The number of nitrogens with zero attached hydrogens (tertiary/aromatic N) is 1. The molecule has 1 nitrogen and oxygen atoms in total. The molecule has 0 unspecified atom stereocenters. The monoisotopic (exact) mass is 229 g/mol. The van der Waals surface area contributed by atoms with Crippen molar-refractivity contribution in [1.82, 2.24) is 0 Å². The summed E-state index contributed by atoms with van der Waals surface area (Å²) < 4.78 is 37.1. The third kappa shape index (κ3) is 4.77. The quantitative estimate of drug-likeness (QED) is 0.505. The predicted octanol–water partition coefficient (Wildman–Crippen LogP) is 4.21. The van der Waals surface area contributed by atoms with Gasteiger partial charge in [0.2, 0.25) is 0 Å². The highest BCUT2D eigenvalue weighted by Crippen LogP contribution is 2.28. The van der Waals surface area contributed by atoms with Crippen LogP contribution in [0.2, 0.25) is 0 Å². The van der Waals surface area contributed by atoms with E-state index in [2.05, 4.69) is 18.2 Å². The first-order valence-corrected chi connectivity index (χ1v) is 4.58. The Hall–Kier alpha value is -1.58. The summed E-state index contributed by atoms with van der Waals surface area (Å²) in [6.07, 6.45) is 0.305. The molecule has 0 aromatic heterocycles. The normalized spacial score (nSPS) is 14.3. The zero-order chi connectivity index (χ0) is 12.8. The Labute approximate surface area is 93.4 Å². The fourth-order valence-electron chi connectivity index (χ4n) is 0.827. The fraction of sp³-hybridized carbons (Fsp3) is 0.250. The van der Waals surface area contributed by atoms with Gasteiger partial charge in [-0.3, -0.25) is 4.99 Å². The molecule has 16 heavy (non-hydrogen) atoms. The summed E-state index contributed by atoms with van der Waals surface area (Å²) in [7, 11) is 0.